The maximum absolute atomic E-state index is 11.1. The van der Waals surface area contributed by atoms with Crippen molar-refractivity contribution in [3.63, 3.8) is 0 Å². The van der Waals surface area contributed by atoms with Crippen LogP contribution in [-0.2, 0) is 28.4 Å². The third kappa shape index (κ3) is 5.82. The van der Waals surface area contributed by atoms with Gasteiger partial charge in [0.05, 0.1) is 37.6 Å². The Morgan fingerprint density at radius 1 is 0.846 bits per heavy atom. The predicted octanol–water partition coefficient (Wildman–Crippen LogP) is 1.36. The van der Waals surface area contributed by atoms with E-state index >= 15 is 0 Å². The van der Waals surface area contributed by atoms with Crippen molar-refractivity contribution >= 4 is 0 Å². The highest BCUT2D eigenvalue weighted by Gasteiger charge is 2.69. The van der Waals surface area contributed by atoms with Crippen LogP contribution >= 0.6 is 0 Å². The normalized spacial score (nSPS) is 58.9. The maximum atomic E-state index is 11.1. The molecule has 0 aromatic rings. The molecule has 13 nitrogen and oxygen atoms in total. The third-order valence-electron chi connectivity index (χ3n) is 15.7. The fourth-order valence-corrected chi connectivity index (χ4v) is 12.5. The fraction of sp³-hybridized carbons (Fsp3) is 0.949. The van der Waals surface area contributed by atoms with Gasteiger partial charge in [0.25, 0.3) is 0 Å². The van der Waals surface area contributed by atoms with Gasteiger partial charge in [0.1, 0.15) is 42.7 Å². The molecule has 4 aliphatic heterocycles. The number of rotatable bonds is 5. The molecule has 1 spiro atoms. The van der Waals surface area contributed by atoms with Crippen molar-refractivity contribution in [2.75, 3.05) is 13.2 Å². The second-order valence-corrected chi connectivity index (χ2v) is 18.4. The van der Waals surface area contributed by atoms with Gasteiger partial charge in [-0.2, -0.15) is 0 Å². The summed E-state index contributed by atoms with van der Waals surface area (Å²) in [6.07, 6.45) is -4.35. The van der Waals surface area contributed by atoms with Gasteiger partial charge in [-0.15, -0.1) is 0 Å². The van der Waals surface area contributed by atoms with Crippen molar-refractivity contribution in [3.8, 4) is 0 Å². The molecule has 8 aliphatic rings. The molecule has 22 atom stereocenters. The summed E-state index contributed by atoms with van der Waals surface area (Å²) >= 11 is 0. The van der Waals surface area contributed by atoms with E-state index in [-0.39, 0.29) is 34.9 Å². The molecule has 0 aromatic heterocycles. The van der Waals surface area contributed by atoms with Crippen LogP contribution in [0.2, 0.25) is 0 Å². The van der Waals surface area contributed by atoms with Crippen LogP contribution in [0.3, 0.4) is 0 Å². The van der Waals surface area contributed by atoms with Crippen LogP contribution in [-0.4, -0.2) is 134 Å². The molecule has 7 fully saturated rings. The number of allylic oxidation sites excluding steroid dienone is 1. The van der Waals surface area contributed by atoms with Gasteiger partial charge in [0.2, 0.25) is 0 Å². The lowest BCUT2D eigenvalue weighted by molar-refractivity contribution is -0.369. The molecule has 296 valence electrons. The summed E-state index contributed by atoms with van der Waals surface area (Å²) in [7, 11) is 0. The number of aliphatic hydroxyl groups excluding tert-OH is 7. The SMILES string of the molecule is CC1COC2(CC1O)OC1CC3C4CC=C5CC(OC6OC(CO)C(O)C(O)C6OC6OC(C)C(O)C(O)C6O)CCC5(C)C4CCC3(C)C1C2C. The predicted molar refractivity (Wildman–Crippen MR) is 183 cm³/mol. The van der Waals surface area contributed by atoms with Crippen molar-refractivity contribution < 1.29 is 64.2 Å². The van der Waals surface area contributed by atoms with E-state index in [0.29, 0.717) is 43.1 Å². The Balaban J connectivity index is 0.964. The van der Waals surface area contributed by atoms with Gasteiger partial charge in [-0.25, -0.2) is 0 Å². The molecule has 0 amide bonds. The van der Waals surface area contributed by atoms with Gasteiger partial charge in [-0.3, -0.25) is 0 Å². The van der Waals surface area contributed by atoms with Crippen LogP contribution in [0.15, 0.2) is 11.6 Å². The van der Waals surface area contributed by atoms with Crippen LogP contribution in [0.4, 0.5) is 0 Å². The monoisotopic (exact) mass is 738 g/mol. The van der Waals surface area contributed by atoms with Gasteiger partial charge in [-0.1, -0.05) is 39.3 Å². The number of aliphatic hydroxyl groups is 7. The Hall–Kier alpha value is -0.780. The van der Waals surface area contributed by atoms with E-state index in [9.17, 15) is 35.7 Å². The van der Waals surface area contributed by atoms with Gasteiger partial charge in [-0.05, 0) is 86.4 Å². The first-order chi connectivity index (χ1) is 24.6. The fourth-order valence-electron chi connectivity index (χ4n) is 12.5. The molecular formula is C39H62O13. The maximum Gasteiger partial charge on any atom is 0.187 e. The molecule has 8 rings (SSSR count). The summed E-state index contributed by atoms with van der Waals surface area (Å²) < 4.78 is 37.4. The molecule has 22 unspecified atom stereocenters. The van der Waals surface area contributed by atoms with Crippen molar-refractivity contribution in [1.29, 1.82) is 0 Å². The molecular weight excluding hydrogens is 676 g/mol. The minimum absolute atomic E-state index is 0.0159. The van der Waals surface area contributed by atoms with Crippen molar-refractivity contribution in [2.24, 2.45) is 46.3 Å². The summed E-state index contributed by atoms with van der Waals surface area (Å²) in [5, 5.41) is 73.7. The topological polar surface area (TPSA) is 197 Å². The highest BCUT2D eigenvalue weighted by molar-refractivity contribution is 5.26. The molecule has 4 saturated heterocycles. The Morgan fingerprint density at radius 2 is 1.62 bits per heavy atom. The van der Waals surface area contributed by atoms with Crippen molar-refractivity contribution in [2.45, 2.75) is 171 Å². The van der Waals surface area contributed by atoms with E-state index < -0.39 is 79.9 Å². The molecule has 4 heterocycles. The summed E-state index contributed by atoms with van der Waals surface area (Å²) in [4.78, 5) is 0. The summed E-state index contributed by atoms with van der Waals surface area (Å²) in [6, 6.07) is 0. The average molecular weight is 739 g/mol. The van der Waals surface area contributed by atoms with Crippen LogP contribution in [0.5, 0.6) is 0 Å². The molecule has 0 aromatic carbocycles. The second kappa shape index (κ2) is 13.7. The van der Waals surface area contributed by atoms with Gasteiger partial charge >= 0.3 is 0 Å². The number of hydrogen-bond donors (Lipinski definition) is 7. The first-order valence-corrected chi connectivity index (χ1v) is 19.9. The van der Waals surface area contributed by atoms with Gasteiger partial charge < -0.3 is 64.2 Å². The van der Waals surface area contributed by atoms with E-state index in [0.717, 1.165) is 38.5 Å². The van der Waals surface area contributed by atoms with E-state index in [1.165, 1.54) is 12.5 Å². The van der Waals surface area contributed by atoms with Crippen molar-refractivity contribution in [3.05, 3.63) is 11.6 Å². The largest absolute Gasteiger partial charge is 0.394 e. The van der Waals surface area contributed by atoms with Gasteiger partial charge in [0, 0.05) is 18.3 Å². The quantitative estimate of drug-likeness (QED) is 0.200. The van der Waals surface area contributed by atoms with E-state index in [4.69, 9.17) is 28.4 Å². The Labute approximate surface area is 306 Å². The lowest BCUT2D eigenvalue weighted by atomic mass is 9.47. The van der Waals surface area contributed by atoms with E-state index in [2.05, 4.69) is 26.8 Å². The zero-order valence-corrected chi connectivity index (χ0v) is 31.2. The Bertz CT molecular complexity index is 1350. The van der Waals surface area contributed by atoms with Crippen LogP contribution < -0.4 is 0 Å². The lowest BCUT2D eigenvalue weighted by Gasteiger charge is -2.59. The molecule has 4 aliphatic carbocycles. The minimum Gasteiger partial charge on any atom is -0.394 e. The summed E-state index contributed by atoms with van der Waals surface area (Å²) in [5.74, 6) is 1.70. The first kappa shape index (κ1) is 38.1. The van der Waals surface area contributed by atoms with Crippen LogP contribution in [0, 0.1) is 46.3 Å². The van der Waals surface area contributed by atoms with Crippen molar-refractivity contribution in [1.82, 2.24) is 0 Å². The minimum atomic E-state index is -1.62. The highest BCUT2D eigenvalue weighted by Crippen LogP contribution is 2.70. The molecule has 3 saturated carbocycles. The summed E-state index contributed by atoms with van der Waals surface area (Å²) in [6.45, 7) is 10.8. The third-order valence-corrected chi connectivity index (χ3v) is 15.7. The lowest BCUT2D eigenvalue weighted by Crippen LogP contribution is -2.64. The Kier molecular flexibility index (Phi) is 10.0. The molecule has 13 heteroatoms. The second-order valence-electron chi connectivity index (χ2n) is 18.4. The zero-order chi connectivity index (χ0) is 37.1. The molecule has 52 heavy (non-hydrogen) atoms. The Morgan fingerprint density at radius 3 is 2.35 bits per heavy atom. The number of hydrogen-bond acceptors (Lipinski definition) is 13. The number of ether oxygens (including phenoxy) is 6. The first-order valence-electron chi connectivity index (χ1n) is 19.9. The highest BCUT2D eigenvalue weighted by atomic mass is 16.8. The van der Waals surface area contributed by atoms with Gasteiger partial charge in [0.15, 0.2) is 18.4 Å². The van der Waals surface area contributed by atoms with Crippen LogP contribution in [0.1, 0.15) is 86.0 Å². The smallest absolute Gasteiger partial charge is 0.187 e. The molecule has 7 N–H and O–H groups in total. The molecule has 0 radical (unpaired) electrons. The zero-order valence-electron chi connectivity index (χ0n) is 31.2. The molecule has 0 bridgehead atoms. The van der Waals surface area contributed by atoms with E-state index in [1.807, 2.05) is 6.92 Å². The standard InChI is InChI=1S/C39H62O13/c1-17-16-47-39(14-25(17)41)18(2)28-26(52-39)13-24-22-7-6-20-12-21(8-10-37(20,4)23(22)9-11-38(24,28)5)49-36-34(32(45)30(43)27(15-40)50-36)51-35-33(46)31(44)29(42)19(3)48-35/h6,17-19,21-36,40-46H,7-16H2,1-5H3. The summed E-state index contributed by atoms with van der Waals surface area (Å²) in [5.41, 5.74) is 1.54. The number of fused-ring (bicyclic) bond motifs is 7. The average Bonchev–Trinajstić information content (AvgIpc) is 3.56. The van der Waals surface area contributed by atoms with E-state index in [1.54, 1.807) is 0 Å². The van der Waals surface area contributed by atoms with Crippen LogP contribution in [0.25, 0.3) is 0 Å².